The van der Waals surface area contributed by atoms with Crippen molar-refractivity contribution < 1.29 is 4.79 Å². The monoisotopic (exact) mass is 230 g/mol. The summed E-state index contributed by atoms with van der Waals surface area (Å²) in [6.45, 7) is 5.97. The van der Waals surface area contributed by atoms with Crippen LogP contribution in [0, 0.1) is 5.92 Å². The molecule has 17 heavy (non-hydrogen) atoms. The molecule has 1 aromatic carbocycles. The van der Waals surface area contributed by atoms with Gasteiger partial charge in [-0.2, -0.15) is 0 Å². The van der Waals surface area contributed by atoms with Crippen molar-refractivity contribution >= 4 is 11.7 Å². The third-order valence-corrected chi connectivity index (χ3v) is 3.55. The molecule has 0 bridgehead atoms. The molecule has 0 N–H and O–H groups in total. The number of aliphatic imine (C=N–C) groups is 1. The van der Waals surface area contributed by atoms with Gasteiger partial charge in [-0.25, -0.2) is 0 Å². The SMILES string of the molecule is CC(C)[C@]1(C)N=C(c2ccccc2)N(C)C1=O. The van der Waals surface area contributed by atoms with Gasteiger partial charge in [-0.05, 0) is 12.8 Å². The van der Waals surface area contributed by atoms with E-state index >= 15 is 0 Å². The average molecular weight is 230 g/mol. The van der Waals surface area contributed by atoms with E-state index in [9.17, 15) is 4.79 Å². The molecule has 1 amide bonds. The van der Waals surface area contributed by atoms with E-state index in [4.69, 9.17) is 0 Å². The van der Waals surface area contributed by atoms with Crippen LogP contribution in [-0.4, -0.2) is 29.2 Å². The highest BCUT2D eigenvalue weighted by Gasteiger charge is 2.45. The quantitative estimate of drug-likeness (QED) is 0.767. The van der Waals surface area contributed by atoms with Crippen molar-refractivity contribution in [3.63, 3.8) is 0 Å². The first-order chi connectivity index (χ1) is 7.97. The molecule has 0 fully saturated rings. The summed E-state index contributed by atoms with van der Waals surface area (Å²) in [5, 5.41) is 0. The van der Waals surface area contributed by atoms with Crippen molar-refractivity contribution in [2.24, 2.45) is 10.9 Å². The molecule has 1 aliphatic heterocycles. The van der Waals surface area contributed by atoms with E-state index in [1.165, 1.54) is 0 Å². The number of benzene rings is 1. The highest BCUT2D eigenvalue weighted by Crippen LogP contribution is 2.30. The molecule has 2 rings (SSSR count). The smallest absolute Gasteiger partial charge is 0.255 e. The molecule has 3 nitrogen and oxygen atoms in total. The zero-order valence-electron chi connectivity index (χ0n) is 10.8. The van der Waals surface area contributed by atoms with Gasteiger partial charge in [-0.1, -0.05) is 44.2 Å². The van der Waals surface area contributed by atoms with Gasteiger partial charge >= 0.3 is 0 Å². The maximum Gasteiger partial charge on any atom is 0.255 e. The first-order valence-electron chi connectivity index (χ1n) is 5.90. The Morgan fingerprint density at radius 1 is 1.24 bits per heavy atom. The van der Waals surface area contributed by atoms with Crippen LogP contribution in [0.1, 0.15) is 26.3 Å². The summed E-state index contributed by atoms with van der Waals surface area (Å²) in [5.41, 5.74) is 0.368. The lowest BCUT2D eigenvalue weighted by atomic mass is 9.89. The third kappa shape index (κ3) is 1.75. The summed E-state index contributed by atoms with van der Waals surface area (Å²) in [4.78, 5) is 18.6. The first kappa shape index (κ1) is 11.8. The van der Waals surface area contributed by atoms with Crippen molar-refractivity contribution in [1.29, 1.82) is 0 Å². The fourth-order valence-corrected chi connectivity index (χ4v) is 2.00. The number of likely N-dealkylation sites (N-methyl/N-ethyl adjacent to an activating group) is 1. The average Bonchev–Trinajstić information content (AvgIpc) is 2.56. The molecule has 1 aliphatic rings. The van der Waals surface area contributed by atoms with Crippen molar-refractivity contribution in [3.8, 4) is 0 Å². The predicted octanol–water partition coefficient (Wildman–Crippen LogP) is 2.32. The van der Waals surface area contributed by atoms with Crippen LogP contribution >= 0.6 is 0 Å². The molecule has 0 radical (unpaired) electrons. The molecule has 1 atom stereocenters. The zero-order chi connectivity index (χ0) is 12.6. The van der Waals surface area contributed by atoms with Crippen LogP contribution in [-0.2, 0) is 4.79 Å². The second kappa shape index (κ2) is 3.99. The van der Waals surface area contributed by atoms with E-state index in [2.05, 4.69) is 4.99 Å². The van der Waals surface area contributed by atoms with Gasteiger partial charge in [0.1, 0.15) is 11.4 Å². The van der Waals surface area contributed by atoms with Crippen LogP contribution in [0.15, 0.2) is 35.3 Å². The van der Waals surface area contributed by atoms with Crippen molar-refractivity contribution in [1.82, 2.24) is 4.90 Å². The van der Waals surface area contributed by atoms with Crippen LogP contribution < -0.4 is 0 Å². The number of amidine groups is 1. The molecule has 1 aromatic rings. The van der Waals surface area contributed by atoms with Crippen LogP contribution in [0.2, 0.25) is 0 Å². The van der Waals surface area contributed by atoms with E-state index in [1.54, 1.807) is 11.9 Å². The minimum Gasteiger partial charge on any atom is -0.298 e. The van der Waals surface area contributed by atoms with Crippen molar-refractivity contribution in [3.05, 3.63) is 35.9 Å². The number of carbonyl (C=O) groups is 1. The number of hydrogen-bond acceptors (Lipinski definition) is 2. The zero-order valence-corrected chi connectivity index (χ0v) is 10.8. The summed E-state index contributed by atoms with van der Waals surface area (Å²) in [7, 11) is 1.79. The van der Waals surface area contributed by atoms with E-state index in [1.807, 2.05) is 51.1 Å². The molecule has 0 aromatic heterocycles. The Hall–Kier alpha value is -1.64. The third-order valence-electron chi connectivity index (χ3n) is 3.55. The summed E-state index contributed by atoms with van der Waals surface area (Å²) in [5.74, 6) is 1.04. The maximum atomic E-state index is 12.3. The molecule has 3 heteroatoms. The summed E-state index contributed by atoms with van der Waals surface area (Å²) < 4.78 is 0. The largest absolute Gasteiger partial charge is 0.298 e. The van der Waals surface area contributed by atoms with Gasteiger partial charge in [0.05, 0.1) is 0 Å². The number of nitrogens with zero attached hydrogens (tertiary/aromatic N) is 2. The molecule has 1 heterocycles. The number of hydrogen-bond donors (Lipinski definition) is 0. The van der Waals surface area contributed by atoms with Gasteiger partial charge in [-0.3, -0.25) is 14.7 Å². The molecule has 0 spiro atoms. The normalized spacial score (nSPS) is 24.4. The summed E-state index contributed by atoms with van der Waals surface area (Å²) in [6.07, 6.45) is 0. The Morgan fingerprint density at radius 2 is 1.82 bits per heavy atom. The van der Waals surface area contributed by atoms with Gasteiger partial charge in [0.15, 0.2) is 0 Å². The van der Waals surface area contributed by atoms with Crippen LogP contribution in [0.3, 0.4) is 0 Å². The minimum absolute atomic E-state index is 0.0753. The molecule has 0 aliphatic carbocycles. The fourth-order valence-electron chi connectivity index (χ4n) is 2.00. The standard InChI is InChI=1S/C14H18N2O/c1-10(2)14(3)13(17)16(4)12(15-14)11-8-6-5-7-9-11/h5-10H,1-4H3/t14-/m0/s1. The summed E-state index contributed by atoms with van der Waals surface area (Å²) in [6, 6.07) is 9.84. The van der Waals surface area contributed by atoms with Crippen LogP contribution in [0.25, 0.3) is 0 Å². The predicted molar refractivity (Wildman–Crippen MR) is 69.0 cm³/mol. The molecular weight excluding hydrogens is 212 g/mol. The second-order valence-corrected chi connectivity index (χ2v) is 4.97. The second-order valence-electron chi connectivity index (χ2n) is 4.97. The topological polar surface area (TPSA) is 32.7 Å². The molecule has 0 saturated carbocycles. The lowest BCUT2D eigenvalue weighted by molar-refractivity contribution is -0.131. The van der Waals surface area contributed by atoms with E-state index < -0.39 is 5.54 Å². The van der Waals surface area contributed by atoms with Crippen LogP contribution in [0.4, 0.5) is 0 Å². The minimum atomic E-state index is -0.625. The first-order valence-corrected chi connectivity index (χ1v) is 5.90. The van der Waals surface area contributed by atoms with Crippen molar-refractivity contribution in [2.75, 3.05) is 7.05 Å². The van der Waals surface area contributed by atoms with Gasteiger partial charge < -0.3 is 0 Å². The molecule has 0 unspecified atom stereocenters. The van der Waals surface area contributed by atoms with Gasteiger partial charge in [-0.15, -0.1) is 0 Å². The Balaban J connectivity index is 2.47. The number of amides is 1. The number of carbonyl (C=O) groups excluding carboxylic acids is 1. The highest BCUT2D eigenvalue weighted by atomic mass is 16.2. The Kier molecular flexibility index (Phi) is 2.77. The molecular formula is C14H18N2O. The molecule has 0 saturated heterocycles. The molecule has 90 valence electrons. The number of rotatable bonds is 2. The van der Waals surface area contributed by atoms with E-state index in [-0.39, 0.29) is 11.8 Å². The van der Waals surface area contributed by atoms with E-state index in [0.717, 1.165) is 11.4 Å². The van der Waals surface area contributed by atoms with Gasteiger partial charge in [0.2, 0.25) is 0 Å². The van der Waals surface area contributed by atoms with Gasteiger partial charge in [0.25, 0.3) is 5.91 Å². The summed E-state index contributed by atoms with van der Waals surface area (Å²) >= 11 is 0. The highest BCUT2D eigenvalue weighted by molar-refractivity contribution is 6.14. The Morgan fingerprint density at radius 3 is 2.29 bits per heavy atom. The van der Waals surface area contributed by atoms with E-state index in [0.29, 0.717) is 0 Å². The lowest BCUT2D eigenvalue weighted by Crippen LogP contribution is -2.42. The van der Waals surface area contributed by atoms with Crippen molar-refractivity contribution in [2.45, 2.75) is 26.3 Å². The Bertz CT molecular complexity index is 464. The fraction of sp³-hybridized carbons (Fsp3) is 0.429. The van der Waals surface area contributed by atoms with Crippen LogP contribution in [0.5, 0.6) is 0 Å². The van der Waals surface area contributed by atoms with Gasteiger partial charge in [0, 0.05) is 12.6 Å². The Labute approximate surface area is 102 Å². The lowest BCUT2D eigenvalue weighted by Gasteiger charge is -2.23. The maximum absolute atomic E-state index is 12.3.